The number of ether oxygens (including phenoxy) is 1. The molecule has 1 aromatic heterocycles. The number of fused-ring (bicyclic) bond motifs is 1. The zero-order valence-corrected chi connectivity index (χ0v) is 15.5. The number of nitrogens with one attached hydrogen (secondary N) is 1. The third kappa shape index (κ3) is 3.60. The Bertz CT molecular complexity index is 806. The SMILES string of the molecule is COCCC(=O)c1c(N)[nH]c2cc(N(C)C(=O)C3CCCCC3)ccc12. The zero-order valence-electron chi connectivity index (χ0n) is 15.5. The Hall–Kier alpha value is -2.34. The molecule has 0 bridgehead atoms. The number of nitrogens with two attached hydrogens (primary N) is 1. The van der Waals surface area contributed by atoms with Gasteiger partial charge in [-0.3, -0.25) is 9.59 Å². The fourth-order valence-corrected chi connectivity index (χ4v) is 3.79. The number of carbonyl (C=O) groups is 2. The van der Waals surface area contributed by atoms with E-state index in [0.717, 1.165) is 42.3 Å². The van der Waals surface area contributed by atoms with Crippen LogP contribution in [0.15, 0.2) is 18.2 Å². The van der Waals surface area contributed by atoms with E-state index >= 15 is 0 Å². The highest BCUT2D eigenvalue weighted by molar-refractivity contribution is 6.13. The van der Waals surface area contributed by atoms with Gasteiger partial charge in [0.1, 0.15) is 5.82 Å². The Balaban J connectivity index is 1.85. The highest BCUT2D eigenvalue weighted by Crippen LogP contribution is 2.31. The molecule has 1 heterocycles. The third-order valence-electron chi connectivity index (χ3n) is 5.30. The number of Topliss-reactive ketones (excluding diaryl/α,β-unsaturated/α-hetero) is 1. The monoisotopic (exact) mass is 357 g/mol. The molecule has 3 N–H and O–H groups in total. The third-order valence-corrected chi connectivity index (χ3v) is 5.30. The smallest absolute Gasteiger partial charge is 0.229 e. The molecule has 0 radical (unpaired) electrons. The number of hydrogen-bond acceptors (Lipinski definition) is 4. The first-order valence-corrected chi connectivity index (χ1v) is 9.24. The highest BCUT2D eigenvalue weighted by Gasteiger charge is 2.25. The number of nitrogen functional groups attached to an aromatic ring is 1. The normalized spacial score (nSPS) is 15.3. The molecule has 1 fully saturated rings. The Morgan fingerprint density at radius 1 is 1.27 bits per heavy atom. The summed E-state index contributed by atoms with van der Waals surface area (Å²) in [7, 11) is 3.38. The van der Waals surface area contributed by atoms with Crippen molar-refractivity contribution in [3.63, 3.8) is 0 Å². The number of methoxy groups -OCH3 is 1. The van der Waals surface area contributed by atoms with Gasteiger partial charge < -0.3 is 20.4 Å². The average Bonchev–Trinajstić information content (AvgIpc) is 3.00. The van der Waals surface area contributed by atoms with Crippen molar-refractivity contribution in [2.45, 2.75) is 38.5 Å². The number of hydrogen-bond donors (Lipinski definition) is 2. The van der Waals surface area contributed by atoms with Crippen LogP contribution >= 0.6 is 0 Å². The first-order valence-electron chi connectivity index (χ1n) is 9.24. The molecule has 0 saturated heterocycles. The van der Waals surface area contributed by atoms with Crippen molar-refractivity contribution in [3.05, 3.63) is 23.8 Å². The first-order chi connectivity index (χ1) is 12.5. The Morgan fingerprint density at radius 2 is 2.00 bits per heavy atom. The minimum absolute atomic E-state index is 0.0463. The van der Waals surface area contributed by atoms with Gasteiger partial charge in [0.2, 0.25) is 5.91 Å². The Labute approximate surface area is 153 Å². The second-order valence-electron chi connectivity index (χ2n) is 7.04. The second kappa shape index (κ2) is 7.91. The number of amides is 1. The molecular formula is C20H27N3O3. The molecule has 26 heavy (non-hydrogen) atoms. The van der Waals surface area contributed by atoms with Crippen LogP contribution in [0, 0.1) is 5.92 Å². The van der Waals surface area contributed by atoms with Gasteiger partial charge in [-0.05, 0) is 31.0 Å². The van der Waals surface area contributed by atoms with Crippen LogP contribution in [0.2, 0.25) is 0 Å². The molecule has 2 aromatic rings. The number of nitrogens with zero attached hydrogens (tertiary/aromatic N) is 1. The molecule has 1 aliphatic carbocycles. The summed E-state index contributed by atoms with van der Waals surface area (Å²) in [5.41, 5.74) is 8.11. The van der Waals surface area contributed by atoms with Crippen molar-refractivity contribution in [1.82, 2.24) is 4.98 Å². The first kappa shape index (κ1) is 18.5. The van der Waals surface area contributed by atoms with E-state index in [-0.39, 0.29) is 24.0 Å². The molecule has 0 spiro atoms. The lowest BCUT2D eigenvalue weighted by molar-refractivity contribution is -0.123. The van der Waals surface area contributed by atoms with Crippen molar-refractivity contribution in [2.24, 2.45) is 5.92 Å². The van der Waals surface area contributed by atoms with E-state index in [1.165, 1.54) is 6.42 Å². The summed E-state index contributed by atoms with van der Waals surface area (Å²) in [6, 6.07) is 5.63. The van der Waals surface area contributed by atoms with Gasteiger partial charge in [-0.25, -0.2) is 0 Å². The zero-order chi connectivity index (χ0) is 18.7. The molecule has 6 nitrogen and oxygen atoms in total. The van der Waals surface area contributed by atoms with E-state index < -0.39 is 0 Å². The van der Waals surface area contributed by atoms with Crippen molar-refractivity contribution >= 4 is 34.1 Å². The standard InChI is InChI=1S/C20H27N3O3/c1-23(20(25)13-6-4-3-5-7-13)14-8-9-15-16(12-14)22-19(21)18(15)17(24)10-11-26-2/h8-9,12-13,22H,3-7,10-11,21H2,1-2H3. The molecule has 0 aliphatic heterocycles. The largest absolute Gasteiger partial charge is 0.385 e. The minimum atomic E-state index is -0.0463. The number of rotatable bonds is 6. The maximum atomic E-state index is 12.8. The van der Waals surface area contributed by atoms with Gasteiger partial charge in [0, 0.05) is 43.1 Å². The van der Waals surface area contributed by atoms with Gasteiger partial charge in [-0.15, -0.1) is 0 Å². The van der Waals surface area contributed by atoms with Crippen LogP contribution in [0.3, 0.4) is 0 Å². The van der Waals surface area contributed by atoms with Crippen LogP contribution in [0.1, 0.15) is 48.9 Å². The summed E-state index contributed by atoms with van der Waals surface area (Å²) in [5.74, 6) is 0.596. The average molecular weight is 357 g/mol. The van der Waals surface area contributed by atoms with Crippen LogP contribution in [-0.4, -0.2) is 37.4 Å². The molecule has 1 saturated carbocycles. The summed E-state index contributed by atoms with van der Waals surface area (Å²) in [4.78, 5) is 29.9. The fraction of sp³-hybridized carbons (Fsp3) is 0.500. The molecule has 1 amide bonds. The Morgan fingerprint density at radius 3 is 2.69 bits per heavy atom. The molecule has 6 heteroatoms. The molecule has 140 valence electrons. The van der Waals surface area contributed by atoms with Gasteiger partial charge in [0.15, 0.2) is 5.78 Å². The molecule has 1 aliphatic rings. The number of ketones is 1. The summed E-state index contributed by atoms with van der Waals surface area (Å²) in [5, 5.41) is 0.783. The molecule has 0 atom stereocenters. The van der Waals surface area contributed by atoms with Gasteiger partial charge in [0.25, 0.3) is 0 Å². The predicted molar refractivity (Wildman–Crippen MR) is 104 cm³/mol. The molecular weight excluding hydrogens is 330 g/mol. The predicted octanol–water partition coefficient (Wildman–Crippen LogP) is 3.51. The van der Waals surface area contributed by atoms with E-state index in [1.807, 2.05) is 25.2 Å². The maximum absolute atomic E-state index is 12.8. The van der Waals surface area contributed by atoms with Crippen LogP contribution in [0.5, 0.6) is 0 Å². The van der Waals surface area contributed by atoms with E-state index in [4.69, 9.17) is 10.5 Å². The number of aromatic amines is 1. The van der Waals surface area contributed by atoms with Crippen molar-refractivity contribution in [3.8, 4) is 0 Å². The lowest BCUT2D eigenvalue weighted by atomic mass is 9.88. The molecule has 1 aromatic carbocycles. The summed E-state index contributed by atoms with van der Waals surface area (Å²) < 4.78 is 4.98. The number of aromatic nitrogens is 1. The topological polar surface area (TPSA) is 88.4 Å². The number of H-pyrrole nitrogens is 1. The summed E-state index contributed by atoms with van der Waals surface area (Å²) in [6.07, 6.45) is 5.71. The van der Waals surface area contributed by atoms with Crippen molar-refractivity contribution < 1.29 is 14.3 Å². The molecule has 3 rings (SSSR count). The van der Waals surface area contributed by atoms with Crippen molar-refractivity contribution in [1.29, 1.82) is 0 Å². The minimum Gasteiger partial charge on any atom is -0.385 e. The number of carbonyl (C=O) groups excluding carboxylic acids is 2. The second-order valence-corrected chi connectivity index (χ2v) is 7.04. The quantitative estimate of drug-likeness (QED) is 0.774. The number of anilines is 2. The van der Waals surface area contributed by atoms with Crippen LogP contribution in [-0.2, 0) is 9.53 Å². The summed E-state index contributed by atoms with van der Waals surface area (Å²) >= 11 is 0. The molecule has 0 unspecified atom stereocenters. The van der Waals surface area contributed by atoms with Crippen molar-refractivity contribution in [2.75, 3.05) is 31.4 Å². The lowest BCUT2D eigenvalue weighted by Gasteiger charge is -2.26. The lowest BCUT2D eigenvalue weighted by Crippen LogP contribution is -2.33. The van der Waals surface area contributed by atoms with Crippen LogP contribution in [0.4, 0.5) is 11.5 Å². The van der Waals surface area contributed by atoms with E-state index in [9.17, 15) is 9.59 Å². The van der Waals surface area contributed by atoms with Gasteiger partial charge in [0.05, 0.1) is 12.2 Å². The number of benzene rings is 1. The van der Waals surface area contributed by atoms with Gasteiger partial charge in [-0.2, -0.15) is 0 Å². The van der Waals surface area contributed by atoms with Crippen LogP contribution in [0.25, 0.3) is 10.9 Å². The van der Waals surface area contributed by atoms with E-state index in [0.29, 0.717) is 18.0 Å². The fourth-order valence-electron chi connectivity index (χ4n) is 3.79. The van der Waals surface area contributed by atoms with Gasteiger partial charge in [-0.1, -0.05) is 19.3 Å². The van der Waals surface area contributed by atoms with E-state index in [2.05, 4.69) is 4.98 Å². The van der Waals surface area contributed by atoms with Gasteiger partial charge >= 0.3 is 0 Å². The Kier molecular flexibility index (Phi) is 5.61. The van der Waals surface area contributed by atoms with E-state index in [1.54, 1.807) is 12.0 Å². The maximum Gasteiger partial charge on any atom is 0.229 e. The summed E-state index contributed by atoms with van der Waals surface area (Å²) in [6.45, 7) is 0.363. The highest BCUT2D eigenvalue weighted by atomic mass is 16.5. The van der Waals surface area contributed by atoms with Crippen LogP contribution < -0.4 is 10.6 Å².